The third-order valence-corrected chi connectivity index (χ3v) is 5.24. The van der Waals surface area contributed by atoms with Crippen LogP contribution >= 0.6 is 31.9 Å². The van der Waals surface area contributed by atoms with Crippen molar-refractivity contribution in [3.05, 3.63) is 0 Å². The third-order valence-electron chi connectivity index (χ3n) is 2.10. The first kappa shape index (κ1) is 13.1. The van der Waals surface area contributed by atoms with E-state index in [0.717, 1.165) is 25.7 Å². The van der Waals surface area contributed by atoms with Crippen LogP contribution in [0, 0.1) is 0 Å². The molecular weight excluding hydrogens is 346 g/mol. The fourth-order valence-corrected chi connectivity index (χ4v) is 2.59. The van der Waals surface area contributed by atoms with Gasteiger partial charge in [0.15, 0.2) is 0 Å². The Bertz CT molecular complexity index is 177. The van der Waals surface area contributed by atoms with Crippen LogP contribution in [0.3, 0.4) is 0 Å². The number of carboxylic acid groups (broad SMARTS) is 1. The molecule has 1 rings (SSSR count). The minimum atomic E-state index is -0.751. The molecule has 2 unspecified atom stereocenters. The Hall–Kier alpha value is 1.07. The second kappa shape index (κ2) is 5.07. The van der Waals surface area contributed by atoms with Gasteiger partial charge >= 0.3 is 25.8 Å². The molecule has 5 heteroatoms. The van der Waals surface area contributed by atoms with E-state index in [-0.39, 0.29) is 24.6 Å². The number of carbonyl (C=O) groups is 1. The first-order valence-electron chi connectivity index (χ1n) is 3.64. The van der Waals surface area contributed by atoms with Gasteiger partial charge in [0.1, 0.15) is 4.32 Å². The Morgan fingerprint density at radius 2 is 2.08 bits per heavy atom. The van der Waals surface area contributed by atoms with Gasteiger partial charge in [0, 0.05) is 4.83 Å². The Labute approximate surface area is 102 Å². The van der Waals surface area contributed by atoms with E-state index in [1.54, 1.807) is 0 Å². The van der Waals surface area contributed by atoms with Crippen LogP contribution in [-0.2, 0) is 4.79 Å². The molecule has 1 fully saturated rings. The summed E-state index contributed by atoms with van der Waals surface area (Å²) in [5.74, 6) is -0.751. The van der Waals surface area contributed by atoms with Gasteiger partial charge in [0.05, 0.1) is 0 Å². The molecule has 0 amide bonds. The molecule has 0 radical (unpaired) electrons. The van der Waals surface area contributed by atoms with Crippen molar-refractivity contribution < 1.29 is 9.90 Å². The minimum absolute atomic E-state index is 0. The van der Waals surface area contributed by atoms with Crippen molar-refractivity contribution in [3.63, 3.8) is 0 Å². The monoisotopic (exact) mass is 356 g/mol. The topological polar surface area (TPSA) is 37.3 Å². The number of halogens is 2. The fraction of sp³-hybridized carbons (Fsp3) is 0.857. The molecule has 0 saturated heterocycles. The molecule has 0 aromatic carbocycles. The summed E-state index contributed by atoms with van der Waals surface area (Å²) in [5.41, 5.74) is 0. The number of hydrogen-bond donors (Lipinski definition) is 1. The van der Waals surface area contributed by atoms with E-state index >= 15 is 0 Å². The molecule has 0 bridgehead atoms. The van der Waals surface area contributed by atoms with Gasteiger partial charge in [0.2, 0.25) is 0 Å². The molecule has 0 heterocycles. The third kappa shape index (κ3) is 2.53. The molecule has 70 valence electrons. The van der Waals surface area contributed by atoms with Crippen molar-refractivity contribution >= 4 is 57.6 Å². The molecule has 0 aromatic rings. The van der Waals surface area contributed by atoms with Crippen LogP contribution in [0.1, 0.15) is 25.7 Å². The maximum absolute atomic E-state index is 10.8. The summed E-state index contributed by atoms with van der Waals surface area (Å²) in [7, 11) is 0. The van der Waals surface area contributed by atoms with Crippen molar-refractivity contribution in [3.8, 4) is 0 Å². The molecule has 1 saturated carbocycles. The van der Waals surface area contributed by atoms with Crippen LogP contribution in [0.4, 0.5) is 0 Å². The number of carboxylic acids is 1. The van der Waals surface area contributed by atoms with Crippen LogP contribution in [0.25, 0.3) is 0 Å². The average molecular weight is 359 g/mol. The van der Waals surface area contributed by atoms with E-state index in [2.05, 4.69) is 31.9 Å². The second-order valence-electron chi connectivity index (χ2n) is 2.88. The van der Waals surface area contributed by atoms with Gasteiger partial charge < -0.3 is 5.11 Å². The molecule has 0 aromatic heterocycles. The van der Waals surface area contributed by atoms with Crippen molar-refractivity contribution in [2.75, 3.05) is 0 Å². The van der Waals surface area contributed by atoms with Crippen LogP contribution < -0.4 is 0 Å². The zero-order chi connectivity index (χ0) is 8.48. The number of rotatable bonds is 1. The summed E-state index contributed by atoms with van der Waals surface area (Å²) < 4.78 is -0.717. The van der Waals surface area contributed by atoms with E-state index in [1.165, 1.54) is 0 Å². The molecule has 1 aliphatic rings. The fourth-order valence-electron chi connectivity index (χ4n) is 1.33. The quantitative estimate of drug-likeness (QED) is 0.568. The zero-order valence-corrected chi connectivity index (χ0v) is 9.19. The van der Waals surface area contributed by atoms with Crippen molar-refractivity contribution in [1.29, 1.82) is 0 Å². The number of alkyl halides is 2. The summed E-state index contributed by atoms with van der Waals surface area (Å²) in [6.45, 7) is 0. The van der Waals surface area contributed by atoms with Crippen LogP contribution in [0.2, 0.25) is 0 Å². The molecule has 12 heavy (non-hydrogen) atoms. The van der Waals surface area contributed by atoms with Crippen molar-refractivity contribution in [2.24, 2.45) is 0 Å². The van der Waals surface area contributed by atoms with Gasteiger partial charge in [-0.25, -0.2) is 0 Å². The molecule has 1 aliphatic carbocycles. The zero-order valence-electron chi connectivity index (χ0n) is 6.02. The normalized spacial score (nSPS) is 35.3. The summed E-state index contributed by atoms with van der Waals surface area (Å²) in [5, 5.41) is 8.89. The molecule has 1 N–H and O–H groups in total. The van der Waals surface area contributed by atoms with Gasteiger partial charge in [0.25, 0.3) is 0 Å². The standard InChI is InChI=1S/C7H10Br2O2.Ga.3H/c8-5-3-1-2-4-7(5,9)6(10)11;;;;/h5H,1-4H2,(H,10,11);;;;. The summed E-state index contributed by atoms with van der Waals surface area (Å²) in [4.78, 5) is 10.9. The second-order valence-corrected chi connectivity index (χ2v) is 5.40. The SMILES string of the molecule is O=C(O)C1(Br)CCCCC1Br.[GaH3]. The summed E-state index contributed by atoms with van der Waals surface area (Å²) >= 11 is 6.66. The molecule has 2 nitrogen and oxygen atoms in total. The summed E-state index contributed by atoms with van der Waals surface area (Å²) in [6.07, 6.45) is 3.78. The van der Waals surface area contributed by atoms with Gasteiger partial charge in [-0.05, 0) is 12.8 Å². The van der Waals surface area contributed by atoms with Gasteiger partial charge in [-0.3, -0.25) is 4.79 Å². The Kier molecular flexibility index (Phi) is 5.52. The molecule has 0 spiro atoms. The molecule has 2 atom stereocenters. The van der Waals surface area contributed by atoms with Gasteiger partial charge in [-0.2, -0.15) is 0 Å². The van der Waals surface area contributed by atoms with Crippen molar-refractivity contribution in [2.45, 2.75) is 34.8 Å². The summed E-state index contributed by atoms with van der Waals surface area (Å²) in [6, 6.07) is 0. The molecular formula is C7H13Br2GaO2. The maximum atomic E-state index is 10.8. The number of aliphatic carboxylic acids is 1. The van der Waals surface area contributed by atoms with Crippen molar-refractivity contribution in [1.82, 2.24) is 0 Å². The number of hydrogen-bond acceptors (Lipinski definition) is 1. The predicted molar refractivity (Wildman–Crippen MR) is 60.4 cm³/mol. The van der Waals surface area contributed by atoms with E-state index in [1.807, 2.05) is 0 Å². The van der Waals surface area contributed by atoms with E-state index in [0.29, 0.717) is 0 Å². The van der Waals surface area contributed by atoms with Crippen LogP contribution in [0.5, 0.6) is 0 Å². The van der Waals surface area contributed by atoms with Gasteiger partial charge in [-0.1, -0.05) is 44.7 Å². The van der Waals surface area contributed by atoms with Gasteiger partial charge in [-0.15, -0.1) is 0 Å². The Morgan fingerprint density at radius 3 is 2.42 bits per heavy atom. The Balaban J connectivity index is 0.00000121. The first-order chi connectivity index (χ1) is 5.07. The van der Waals surface area contributed by atoms with E-state index in [9.17, 15) is 4.79 Å². The van der Waals surface area contributed by atoms with E-state index < -0.39 is 10.3 Å². The molecule has 0 aliphatic heterocycles. The first-order valence-corrected chi connectivity index (χ1v) is 5.34. The average Bonchev–Trinajstić information content (AvgIpc) is 1.95. The Morgan fingerprint density at radius 1 is 1.50 bits per heavy atom. The predicted octanol–water partition coefficient (Wildman–Crippen LogP) is 1.36. The van der Waals surface area contributed by atoms with E-state index in [4.69, 9.17) is 5.11 Å². The van der Waals surface area contributed by atoms with Crippen LogP contribution in [0.15, 0.2) is 0 Å². The van der Waals surface area contributed by atoms with Crippen LogP contribution in [-0.4, -0.2) is 40.0 Å².